The van der Waals surface area contributed by atoms with Gasteiger partial charge < -0.3 is 9.80 Å². The van der Waals surface area contributed by atoms with Crippen molar-refractivity contribution in [2.24, 2.45) is 0 Å². The fraction of sp³-hybridized carbons (Fsp3) is 0.909. The van der Waals surface area contributed by atoms with Crippen LogP contribution in [0.25, 0.3) is 0 Å². The highest BCUT2D eigenvalue weighted by Gasteiger charge is 2.39. The SMILES string of the molecule is CN(CCC#N)CC1(N(C)C)CCC1. The molecule has 1 saturated carbocycles. The standard InChI is InChI=1S/C11H21N3/c1-13(2)11(6-4-7-11)10-14(3)9-5-8-12/h4-7,9-10H2,1-3H3. The Morgan fingerprint density at radius 2 is 1.93 bits per heavy atom. The van der Waals surface area contributed by atoms with Crippen molar-refractivity contribution in [2.75, 3.05) is 34.2 Å². The molecule has 0 aromatic rings. The van der Waals surface area contributed by atoms with Crippen molar-refractivity contribution in [1.82, 2.24) is 9.80 Å². The maximum Gasteiger partial charge on any atom is 0.0635 e. The van der Waals surface area contributed by atoms with Gasteiger partial charge in [-0.25, -0.2) is 0 Å². The van der Waals surface area contributed by atoms with Crippen molar-refractivity contribution >= 4 is 0 Å². The second kappa shape index (κ2) is 4.77. The first-order chi connectivity index (χ1) is 6.60. The molecule has 3 nitrogen and oxygen atoms in total. The third-order valence-corrected chi connectivity index (χ3v) is 3.40. The quantitative estimate of drug-likeness (QED) is 0.662. The Balaban J connectivity index is 2.37. The van der Waals surface area contributed by atoms with Crippen LogP contribution in [0.3, 0.4) is 0 Å². The highest BCUT2D eigenvalue weighted by molar-refractivity contribution is 4.97. The van der Waals surface area contributed by atoms with E-state index in [0.29, 0.717) is 12.0 Å². The van der Waals surface area contributed by atoms with Crippen molar-refractivity contribution in [3.63, 3.8) is 0 Å². The summed E-state index contributed by atoms with van der Waals surface area (Å²) in [7, 11) is 6.44. The molecule has 0 aromatic heterocycles. The van der Waals surface area contributed by atoms with Crippen molar-refractivity contribution in [3.8, 4) is 6.07 Å². The van der Waals surface area contributed by atoms with Gasteiger partial charge in [-0.2, -0.15) is 5.26 Å². The summed E-state index contributed by atoms with van der Waals surface area (Å²) in [4.78, 5) is 4.63. The van der Waals surface area contributed by atoms with Gasteiger partial charge >= 0.3 is 0 Å². The van der Waals surface area contributed by atoms with Crippen LogP contribution < -0.4 is 0 Å². The predicted octanol–water partition coefficient (Wildman–Crippen LogP) is 1.32. The van der Waals surface area contributed by atoms with Crippen LogP contribution in [0, 0.1) is 11.3 Å². The lowest BCUT2D eigenvalue weighted by Gasteiger charge is -2.49. The molecule has 3 heteroatoms. The summed E-state index contributed by atoms with van der Waals surface area (Å²) >= 11 is 0. The van der Waals surface area contributed by atoms with Gasteiger partial charge in [-0.05, 0) is 40.4 Å². The van der Waals surface area contributed by atoms with Crippen LogP contribution in [-0.4, -0.2) is 49.6 Å². The van der Waals surface area contributed by atoms with Crippen molar-refractivity contribution in [2.45, 2.75) is 31.2 Å². The van der Waals surface area contributed by atoms with Crippen molar-refractivity contribution in [1.29, 1.82) is 5.26 Å². The lowest BCUT2D eigenvalue weighted by molar-refractivity contribution is 0.0284. The van der Waals surface area contributed by atoms with E-state index in [-0.39, 0.29) is 0 Å². The predicted molar refractivity (Wildman–Crippen MR) is 58.0 cm³/mol. The molecule has 0 saturated heterocycles. The van der Waals surface area contributed by atoms with Crippen LogP contribution in [0.15, 0.2) is 0 Å². The first kappa shape index (κ1) is 11.5. The lowest BCUT2D eigenvalue weighted by Crippen LogP contribution is -2.56. The van der Waals surface area contributed by atoms with E-state index in [0.717, 1.165) is 13.1 Å². The van der Waals surface area contributed by atoms with Crippen LogP contribution in [0.4, 0.5) is 0 Å². The van der Waals surface area contributed by atoms with Gasteiger partial charge in [-0.15, -0.1) is 0 Å². The molecule has 0 bridgehead atoms. The Morgan fingerprint density at radius 3 is 2.29 bits per heavy atom. The molecule has 1 aliphatic carbocycles. The molecule has 1 rings (SSSR count). The molecule has 0 heterocycles. The molecule has 80 valence electrons. The molecular formula is C11H21N3. The number of nitriles is 1. The van der Waals surface area contributed by atoms with Gasteiger partial charge in [0.2, 0.25) is 0 Å². The molecular weight excluding hydrogens is 174 g/mol. The molecule has 0 N–H and O–H groups in total. The van der Waals surface area contributed by atoms with Crippen LogP contribution >= 0.6 is 0 Å². The minimum absolute atomic E-state index is 0.393. The van der Waals surface area contributed by atoms with E-state index in [4.69, 9.17) is 5.26 Å². The van der Waals surface area contributed by atoms with Gasteiger partial charge in [0.15, 0.2) is 0 Å². The summed E-state index contributed by atoms with van der Waals surface area (Å²) in [6.45, 7) is 1.99. The Kier molecular flexibility index (Phi) is 3.91. The van der Waals surface area contributed by atoms with Gasteiger partial charge in [0.1, 0.15) is 0 Å². The summed E-state index contributed by atoms with van der Waals surface area (Å²) in [5.74, 6) is 0. The third kappa shape index (κ3) is 2.46. The Morgan fingerprint density at radius 1 is 1.29 bits per heavy atom. The zero-order chi connectivity index (χ0) is 10.6. The molecule has 0 atom stereocenters. The molecule has 0 amide bonds. The van der Waals surface area contributed by atoms with E-state index >= 15 is 0 Å². The van der Waals surface area contributed by atoms with Crippen LogP contribution in [-0.2, 0) is 0 Å². The highest BCUT2D eigenvalue weighted by atomic mass is 15.2. The lowest BCUT2D eigenvalue weighted by atomic mass is 9.75. The largest absolute Gasteiger partial charge is 0.304 e. The Hall–Kier alpha value is -0.590. The van der Waals surface area contributed by atoms with E-state index < -0.39 is 0 Å². The van der Waals surface area contributed by atoms with Gasteiger partial charge in [0, 0.05) is 25.0 Å². The van der Waals surface area contributed by atoms with Crippen LogP contribution in [0.1, 0.15) is 25.7 Å². The second-order valence-electron chi connectivity index (χ2n) is 4.62. The Bertz CT molecular complexity index is 213. The molecule has 0 radical (unpaired) electrons. The molecule has 0 spiro atoms. The van der Waals surface area contributed by atoms with Gasteiger partial charge in [0.25, 0.3) is 0 Å². The maximum atomic E-state index is 8.51. The zero-order valence-electron chi connectivity index (χ0n) is 9.58. The molecule has 0 unspecified atom stereocenters. The zero-order valence-corrected chi connectivity index (χ0v) is 9.58. The van der Waals surface area contributed by atoms with Gasteiger partial charge in [-0.3, -0.25) is 0 Å². The first-order valence-electron chi connectivity index (χ1n) is 5.34. The van der Waals surface area contributed by atoms with E-state index in [9.17, 15) is 0 Å². The summed E-state index contributed by atoms with van der Waals surface area (Å²) in [6, 6.07) is 2.19. The van der Waals surface area contributed by atoms with E-state index in [1.165, 1.54) is 19.3 Å². The summed E-state index contributed by atoms with van der Waals surface area (Å²) in [5.41, 5.74) is 0.393. The second-order valence-corrected chi connectivity index (χ2v) is 4.62. The molecule has 1 aliphatic rings. The molecule has 0 aliphatic heterocycles. The van der Waals surface area contributed by atoms with Crippen LogP contribution in [0.5, 0.6) is 0 Å². The smallest absolute Gasteiger partial charge is 0.0635 e. The maximum absolute atomic E-state index is 8.51. The number of hydrogen-bond acceptors (Lipinski definition) is 3. The average Bonchev–Trinajstić information content (AvgIpc) is 2.07. The summed E-state index contributed by atoms with van der Waals surface area (Å²) in [5, 5.41) is 8.51. The molecule has 14 heavy (non-hydrogen) atoms. The van der Waals surface area contributed by atoms with E-state index in [1.54, 1.807) is 0 Å². The fourth-order valence-electron chi connectivity index (χ4n) is 2.15. The first-order valence-corrected chi connectivity index (χ1v) is 5.34. The fourth-order valence-corrected chi connectivity index (χ4v) is 2.15. The number of hydrogen-bond donors (Lipinski definition) is 0. The molecule has 1 fully saturated rings. The minimum atomic E-state index is 0.393. The number of likely N-dealkylation sites (N-methyl/N-ethyl adjacent to an activating group) is 2. The summed E-state index contributed by atoms with van der Waals surface area (Å²) < 4.78 is 0. The minimum Gasteiger partial charge on any atom is -0.304 e. The number of nitrogens with zero attached hydrogens (tertiary/aromatic N) is 3. The van der Waals surface area contributed by atoms with Gasteiger partial charge in [-0.1, -0.05) is 0 Å². The third-order valence-electron chi connectivity index (χ3n) is 3.40. The van der Waals surface area contributed by atoms with Crippen molar-refractivity contribution in [3.05, 3.63) is 0 Å². The van der Waals surface area contributed by atoms with Crippen LogP contribution in [0.2, 0.25) is 0 Å². The monoisotopic (exact) mass is 195 g/mol. The highest BCUT2D eigenvalue weighted by Crippen LogP contribution is 2.36. The van der Waals surface area contributed by atoms with Gasteiger partial charge in [0.05, 0.1) is 6.07 Å². The Labute approximate surface area is 87.3 Å². The summed E-state index contributed by atoms with van der Waals surface area (Å²) in [6.07, 6.45) is 4.60. The van der Waals surface area contributed by atoms with E-state index in [2.05, 4.69) is 37.0 Å². The topological polar surface area (TPSA) is 30.3 Å². The average molecular weight is 195 g/mol. The van der Waals surface area contributed by atoms with E-state index in [1.807, 2.05) is 0 Å². The number of rotatable bonds is 5. The normalized spacial score (nSPS) is 19.4. The molecule has 0 aromatic carbocycles. The van der Waals surface area contributed by atoms with Crippen molar-refractivity contribution < 1.29 is 0 Å².